The third kappa shape index (κ3) is 7.94. The van der Waals surface area contributed by atoms with Crippen LogP contribution in [0.2, 0.25) is 0 Å². The Balaban J connectivity index is 1.46. The number of ether oxygens (including phenoxy) is 3. The fourth-order valence-electron chi connectivity index (χ4n) is 4.79. The summed E-state index contributed by atoms with van der Waals surface area (Å²) < 4.78 is 45.1. The average molecular weight is 601 g/mol. The van der Waals surface area contributed by atoms with Gasteiger partial charge in [0.15, 0.2) is 11.5 Å². The molecule has 1 fully saturated rings. The molecule has 0 unspecified atom stereocenters. The highest BCUT2D eigenvalue weighted by Crippen LogP contribution is 2.41. The van der Waals surface area contributed by atoms with Crippen LogP contribution in [-0.2, 0) is 29.8 Å². The minimum atomic E-state index is -3.31. The van der Waals surface area contributed by atoms with E-state index in [1.807, 2.05) is 91.0 Å². The van der Waals surface area contributed by atoms with Crippen molar-refractivity contribution in [1.29, 1.82) is 0 Å². The van der Waals surface area contributed by atoms with Gasteiger partial charge < -0.3 is 19.1 Å². The lowest BCUT2D eigenvalue weighted by atomic mass is 10.1. The van der Waals surface area contributed by atoms with Crippen LogP contribution >= 0.6 is 0 Å². The van der Waals surface area contributed by atoms with E-state index in [9.17, 15) is 13.2 Å². The van der Waals surface area contributed by atoms with Gasteiger partial charge in [-0.05, 0) is 35.7 Å². The molecule has 1 amide bonds. The molecule has 0 saturated carbocycles. The molecule has 1 aliphatic heterocycles. The smallest absolute Gasteiger partial charge is 0.254 e. The Hall–Kier alpha value is -4.34. The topological polar surface area (TPSA) is 85.4 Å². The van der Waals surface area contributed by atoms with Gasteiger partial charge in [0.05, 0.1) is 5.75 Å². The third-order valence-corrected chi connectivity index (χ3v) is 9.13. The number of amides is 1. The Morgan fingerprint density at radius 3 is 1.49 bits per heavy atom. The summed E-state index contributed by atoms with van der Waals surface area (Å²) in [5.41, 5.74) is 3.29. The lowest BCUT2D eigenvalue weighted by Crippen LogP contribution is -2.50. The van der Waals surface area contributed by atoms with Crippen LogP contribution in [0, 0.1) is 0 Å². The molecule has 8 nitrogen and oxygen atoms in total. The van der Waals surface area contributed by atoms with E-state index in [0.29, 0.717) is 35.9 Å². The Morgan fingerprint density at radius 1 is 0.651 bits per heavy atom. The van der Waals surface area contributed by atoms with E-state index in [-0.39, 0.29) is 44.6 Å². The molecule has 43 heavy (non-hydrogen) atoms. The van der Waals surface area contributed by atoms with Gasteiger partial charge in [-0.25, -0.2) is 8.42 Å². The zero-order valence-electron chi connectivity index (χ0n) is 24.2. The van der Waals surface area contributed by atoms with Gasteiger partial charge in [0.2, 0.25) is 15.8 Å². The van der Waals surface area contributed by atoms with Crippen molar-refractivity contribution in [2.45, 2.75) is 26.7 Å². The van der Waals surface area contributed by atoms with E-state index in [4.69, 9.17) is 14.2 Å². The maximum absolute atomic E-state index is 13.8. The predicted molar refractivity (Wildman–Crippen MR) is 166 cm³/mol. The van der Waals surface area contributed by atoms with E-state index in [1.54, 1.807) is 24.0 Å². The molecule has 5 rings (SSSR count). The molecule has 0 spiro atoms. The monoisotopic (exact) mass is 600 g/mol. The first-order chi connectivity index (χ1) is 20.9. The van der Waals surface area contributed by atoms with Gasteiger partial charge >= 0.3 is 0 Å². The second kappa shape index (κ2) is 14.2. The molecule has 1 saturated heterocycles. The highest BCUT2D eigenvalue weighted by molar-refractivity contribution is 7.89. The Morgan fingerprint density at radius 2 is 1.07 bits per heavy atom. The number of hydrogen-bond acceptors (Lipinski definition) is 6. The van der Waals surface area contributed by atoms with Gasteiger partial charge in [0.1, 0.15) is 19.8 Å². The zero-order chi connectivity index (χ0) is 30.1. The van der Waals surface area contributed by atoms with Crippen molar-refractivity contribution in [2.75, 3.05) is 31.9 Å². The maximum Gasteiger partial charge on any atom is 0.254 e. The minimum Gasteiger partial charge on any atom is -0.485 e. The number of rotatable bonds is 12. The largest absolute Gasteiger partial charge is 0.485 e. The second-order valence-electron chi connectivity index (χ2n) is 10.2. The molecular weight excluding hydrogens is 564 g/mol. The van der Waals surface area contributed by atoms with Crippen LogP contribution in [0.5, 0.6) is 17.2 Å². The second-order valence-corrected chi connectivity index (χ2v) is 12.5. The summed E-state index contributed by atoms with van der Waals surface area (Å²) in [6.07, 6.45) is 0. The van der Waals surface area contributed by atoms with Crippen molar-refractivity contribution >= 4 is 15.9 Å². The summed E-state index contributed by atoms with van der Waals surface area (Å²) >= 11 is 0. The summed E-state index contributed by atoms with van der Waals surface area (Å²) in [7, 11) is -3.31. The van der Waals surface area contributed by atoms with Gasteiger partial charge in [-0.15, -0.1) is 0 Å². The first kappa shape index (κ1) is 30.1. The Bertz CT molecular complexity index is 1530. The fraction of sp³-hybridized carbons (Fsp3) is 0.265. The van der Waals surface area contributed by atoms with Crippen molar-refractivity contribution in [3.8, 4) is 17.2 Å². The molecule has 4 aromatic rings. The van der Waals surface area contributed by atoms with Crippen LogP contribution in [0.15, 0.2) is 103 Å². The zero-order valence-corrected chi connectivity index (χ0v) is 25.0. The van der Waals surface area contributed by atoms with Crippen molar-refractivity contribution in [2.24, 2.45) is 0 Å². The lowest BCUT2D eigenvalue weighted by Gasteiger charge is -2.34. The fourth-order valence-corrected chi connectivity index (χ4v) is 5.88. The molecule has 0 aromatic heterocycles. The quantitative estimate of drug-likeness (QED) is 0.213. The highest BCUT2D eigenvalue weighted by Gasteiger charge is 2.29. The molecule has 1 heterocycles. The molecular formula is C34H36N2O6S. The molecule has 224 valence electrons. The number of sulfonamides is 1. The number of hydrogen-bond donors (Lipinski definition) is 0. The normalized spacial score (nSPS) is 13.8. The molecule has 9 heteroatoms. The van der Waals surface area contributed by atoms with Crippen molar-refractivity contribution < 1.29 is 27.4 Å². The molecule has 0 radical (unpaired) electrons. The highest BCUT2D eigenvalue weighted by atomic mass is 32.2. The number of carbonyl (C=O) groups is 1. The van der Waals surface area contributed by atoms with E-state index in [2.05, 4.69) is 0 Å². The van der Waals surface area contributed by atoms with Crippen LogP contribution in [0.25, 0.3) is 0 Å². The van der Waals surface area contributed by atoms with E-state index in [1.165, 1.54) is 4.31 Å². The standard InChI is InChI=1S/C34H36N2O6S/c1-2-43(38,39)36-20-18-35(19-21-36)34(37)30-22-31(40-24-27-12-6-3-7-13-27)33(42-26-29-16-10-5-11-17-29)32(23-30)41-25-28-14-8-4-9-15-28/h3-17,22-23H,2,18-21,24-26H2,1H3. The van der Waals surface area contributed by atoms with Crippen molar-refractivity contribution in [1.82, 2.24) is 9.21 Å². The summed E-state index contributed by atoms with van der Waals surface area (Å²) in [5.74, 6) is 1.00. The summed E-state index contributed by atoms with van der Waals surface area (Å²) in [6.45, 7) is 3.56. The predicted octanol–water partition coefficient (Wildman–Crippen LogP) is 5.53. The number of benzene rings is 4. The molecule has 0 atom stereocenters. The minimum absolute atomic E-state index is 0.0373. The van der Waals surface area contributed by atoms with E-state index in [0.717, 1.165) is 16.7 Å². The van der Waals surface area contributed by atoms with Crippen LogP contribution in [0.3, 0.4) is 0 Å². The first-order valence-corrected chi connectivity index (χ1v) is 16.0. The van der Waals surface area contributed by atoms with Crippen LogP contribution in [0.4, 0.5) is 0 Å². The SMILES string of the molecule is CCS(=O)(=O)N1CCN(C(=O)c2cc(OCc3ccccc3)c(OCc3ccccc3)c(OCc3ccccc3)c2)CC1. The summed E-state index contributed by atoms with van der Waals surface area (Å²) in [4.78, 5) is 15.4. The Labute approximate surface area is 253 Å². The number of piperazine rings is 1. The number of nitrogens with zero attached hydrogens (tertiary/aromatic N) is 2. The summed E-state index contributed by atoms with van der Waals surface area (Å²) in [5, 5.41) is 0. The summed E-state index contributed by atoms with van der Waals surface area (Å²) in [6, 6.07) is 32.7. The molecule has 1 aliphatic rings. The van der Waals surface area contributed by atoms with Crippen LogP contribution in [0.1, 0.15) is 34.0 Å². The van der Waals surface area contributed by atoms with E-state index < -0.39 is 10.0 Å². The number of carbonyl (C=O) groups excluding carboxylic acids is 1. The lowest BCUT2D eigenvalue weighted by molar-refractivity contribution is 0.0696. The third-order valence-electron chi connectivity index (χ3n) is 7.25. The van der Waals surface area contributed by atoms with Gasteiger partial charge in [-0.3, -0.25) is 4.79 Å². The van der Waals surface area contributed by atoms with Crippen molar-refractivity contribution in [3.63, 3.8) is 0 Å². The molecule has 0 aliphatic carbocycles. The first-order valence-electron chi connectivity index (χ1n) is 14.4. The van der Waals surface area contributed by atoms with Gasteiger partial charge in [-0.2, -0.15) is 4.31 Å². The molecule has 0 bridgehead atoms. The van der Waals surface area contributed by atoms with E-state index >= 15 is 0 Å². The van der Waals surface area contributed by atoms with Crippen LogP contribution in [-0.4, -0.2) is 55.5 Å². The average Bonchev–Trinajstić information content (AvgIpc) is 3.06. The van der Waals surface area contributed by atoms with Gasteiger partial charge in [0.25, 0.3) is 5.91 Å². The maximum atomic E-state index is 13.8. The van der Waals surface area contributed by atoms with Crippen molar-refractivity contribution in [3.05, 3.63) is 125 Å². The molecule has 4 aromatic carbocycles. The Kier molecular flexibility index (Phi) is 9.96. The van der Waals surface area contributed by atoms with Crippen LogP contribution < -0.4 is 14.2 Å². The molecule has 0 N–H and O–H groups in total. The van der Waals surface area contributed by atoms with Gasteiger partial charge in [-0.1, -0.05) is 91.0 Å². The van der Waals surface area contributed by atoms with Gasteiger partial charge in [0, 0.05) is 31.7 Å².